The maximum absolute atomic E-state index is 12.6. The van der Waals surface area contributed by atoms with Crippen molar-refractivity contribution < 1.29 is 19.4 Å². The van der Waals surface area contributed by atoms with Crippen LogP contribution < -0.4 is 20.1 Å². The number of rotatable bonds is 10. The van der Waals surface area contributed by atoms with Crippen LogP contribution >= 0.6 is 11.6 Å². The summed E-state index contributed by atoms with van der Waals surface area (Å²) in [5, 5.41) is 16.5. The molecule has 0 saturated heterocycles. The molecule has 0 unspecified atom stereocenters. The van der Waals surface area contributed by atoms with E-state index in [-0.39, 0.29) is 11.3 Å². The molecule has 7 heteroatoms. The number of carbonyl (C=O) groups excluding carboxylic acids is 1. The van der Waals surface area contributed by atoms with Gasteiger partial charge in [-0.3, -0.25) is 4.79 Å². The molecule has 3 N–H and O–H groups in total. The summed E-state index contributed by atoms with van der Waals surface area (Å²) in [6.07, 6.45) is 0. The molecule has 4 aromatic carbocycles. The van der Waals surface area contributed by atoms with Crippen molar-refractivity contribution in [2.45, 2.75) is 20.1 Å². The summed E-state index contributed by atoms with van der Waals surface area (Å²) in [7, 11) is 0. The lowest BCUT2D eigenvalue weighted by Crippen LogP contribution is -2.12. The molecule has 4 rings (SSSR count). The van der Waals surface area contributed by atoms with E-state index < -0.39 is 5.91 Å². The van der Waals surface area contributed by atoms with Crippen molar-refractivity contribution >= 4 is 28.9 Å². The van der Waals surface area contributed by atoms with Crippen LogP contribution in [0.4, 0.5) is 11.4 Å². The molecule has 0 aromatic heterocycles. The smallest absolute Gasteiger partial charge is 0.259 e. The monoisotopic (exact) mass is 502 g/mol. The minimum absolute atomic E-state index is 0.110. The zero-order chi connectivity index (χ0) is 25.3. The fourth-order valence-corrected chi connectivity index (χ4v) is 3.76. The maximum atomic E-state index is 12.6. The highest BCUT2D eigenvalue weighted by molar-refractivity contribution is 6.31. The van der Waals surface area contributed by atoms with Crippen molar-refractivity contribution in [2.75, 3.05) is 17.2 Å². The molecular formula is C29H27ClN2O4. The number of hydrogen-bond donors (Lipinski definition) is 3. The number of nitrogens with one attached hydrogen (secondary N) is 2. The summed E-state index contributed by atoms with van der Waals surface area (Å²) in [6.45, 7) is 3.48. The molecule has 0 aliphatic heterocycles. The van der Waals surface area contributed by atoms with E-state index in [0.717, 1.165) is 16.8 Å². The number of ether oxygens (including phenoxy) is 2. The lowest BCUT2D eigenvalue weighted by molar-refractivity contribution is 0.102. The lowest BCUT2D eigenvalue weighted by atomic mass is 10.1. The summed E-state index contributed by atoms with van der Waals surface area (Å²) in [5.74, 6) is 0.806. The Kier molecular flexibility index (Phi) is 8.32. The molecule has 0 saturated carbocycles. The molecule has 4 aromatic rings. The van der Waals surface area contributed by atoms with Crippen LogP contribution in [-0.2, 0) is 13.2 Å². The average Bonchev–Trinajstić information content (AvgIpc) is 2.89. The van der Waals surface area contributed by atoms with Gasteiger partial charge in [0, 0.05) is 22.9 Å². The number of benzene rings is 4. The van der Waals surface area contributed by atoms with Crippen molar-refractivity contribution in [3.05, 3.63) is 113 Å². The molecule has 36 heavy (non-hydrogen) atoms. The number of amides is 1. The van der Waals surface area contributed by atoms with Gasteiger partial charge in [-0.25, -0.2) is 0 Å². The number of anilines is 2. The number of aromatic hydroxyl groups is 1. The lowest BCUT2D eigenvalue weighted by Gasteiger charge is -2.14. The Bertz CT molecular complexity index is 1330. The Balaban J connectivity index is 1.40. The third-order valence-electron chi connectivity index (χ3n) is 5.37. The van der Waals surface area contributed by atoms with E-state index in [0.29, 0.717) is 42.0 Å². The first-order chi connectivity index (χ1) is 17.5. The van der Waals surface area contributed by atoms with Crippen LogP contribution in [-0.4, -0.2) is 17.6 Å². The predicted molar refractivity (Wildman–Crippen MR) is 143 cm³/mol. The van der Waals surface area contributed by atoms with E-state index in [9.17, 15) is 9.90 Å². The fourth-order valence-electron chi connectivity index (χ4n) is 3.58. The van der Waals surface area contributed by atoms with Crippen molar-refractivity contribution in [3.63, 3.8) is 0 Å². The first-order valence-electron chi connectivity index (χ1n) is 11.6. The second-order valence-corrected chi connectivity index (χ2v) is 8.47. The minimum atomic E-state index is -0.445. The summed E-state index contributed by atoms with van der Waals surface area (Å²) in [4.78, 5) is 12.6. The van der Waals surface area contributed by atoms with E-state index in [1.165, 1.54) is 18.2 Å². The third kappa shape index (κ3) is 6.71. The zero-order valence-electron chi connectivity index (χ0n) is 19.8. The number of carbonyl (C=O) groups is 1. The van der Waals surface area contributed by atoms with Gasteiger partial charge in [-0.1, -0.05) is 54.1 Å². The molecule has 0 fully saturated rings. The van der Waals surface area contributed by atoms with Gasteiger partial charge in [0.15, 0.2) is 11.5 Å². The van der Waals surface area contributed by atoms with Crippen molar-refractivity contribution in [1.29, 1.82) is 0 Å². The predicted octanol–water partition coefficient (Wildman–Crippen LogP) is 6.89. The average molecular weight is 503 g/mol. The van der Waals surface area contributed by atoms with E-state index in [2.05, 4.69) is 10.6 Å². The summed E-state index contributed by atoms with van der Waals surface area (Å²) in [6, 6.07) is 27.5. The topological polar surface area (TPSA) is 79.8 Å². The Morgan fingerprint density at radius 1 is 0.833 bits per heavy atom. The van der Waals surface area contributed by atoms with E-state index in [1.807, 2.05) is 73.7 Å². The van der Waals surface area contributed by atoms with Crippen LogP contribution in [0.15, 0.2) is 91.0 Å². The van der Waals surface area contributed by atoms with E-state index in [1.54, 1.807) is 6.07 Å². The summed E-state index contributed by atoms with van der Waals surface area (Å²) < 4.78 is 11.8. The molecule has 0 aliphatic carbocycles. The molecule has 0 bridgehead atoms. The van der Waals surface area contributed by atoms with Crippen LogP contribution in [0.1, 0.15) is 28.4 Å². The van der Waals surface area contributed by atoms with E-state index >= 15 is 0 Å². The van der Waals surface area contributed by atoms with Gasteiger partial charge in [-0.15, -0.1) is 0 Å². The number of halogens is 1. The first-order valence-corrected chi connectivity index (χ1v) is 12.0. The molecule has 184 valence electrons. The van der Waals surface area contributed by atoms with Crippen LogP contribution in [0.2, 0.25) is 5.02 Å². The van der Waals surface area contributed by atoms with Gasteiger partial charge in [0.25, 0.3) is 5.91 Å². The van der Waals surface area contributed by atoms with Gasteiger partial charge in [0.05, 0.1) is 12.2 Å². The quantitative estimate of drug-likeness (QED) is 0.220. The molecule has 0 aliphatic rings. The van der Waals surface area contributed by atoms with Gasteiger partial charge in [0.2, 0.25) is 0 Å². The highest BCUT2D eigenvalue weighted by Crippen LogP contribution is 2.30. The number of phenolic OH excluding ortho intramolecular Hbond substituents is 1. The van der Waals surface area contributed by atoms with Gasteiger partial charge < -0.3 is 25.2 Å². The SMILES string of the molecule is CCOc1cc(CNc2cccc(NC(=O)c3cc(Cl)ccc3O)c2)ccc1OCc1ccccc1. The zero-order valence-corrected chi connectivity index (χ0v) is 20.6. The van der Waals surface area contributed by atoms with Gasteiger partial charge in [-0.2, -0.15) is 0 Å². The molecule has 1 amide bonds. The first kappa shape index (κ1) is 24.9. The molecule has 0 heterocycles. The Morgan fingerprint density at radius 2 is 1.64 bits per heavy atom. The summed E-state index contributed by atoms with van der Waals surface area (Å²) >= 11 is 5.96. The van der Waals surface area contributed by atoms with Crippen LogP contribution in [0.5, 0.6) is 17.2 Å². The highest BCUT2D eigenvalue weighted by atomic mass is 35.5. The molecule has 0 atom stereocenters. The van der Waals surface area contributed by atoms with Crippen molar-refractivity contribution in [2.24, 2.45) is 0 Å². The highest BCUT2D eigenvalue weighted by Gasteiger charge is 2.12. The Labute approximate surface area is 215 Å². The number of phenols is 1. The van der Waals surface area contributed by atoms with Crippen LogP contribution in [0.25, 0.3) is 0 Å². The van der Waals surface area contributed by atoms with E-state index in [4.69, 9.17) is 21.1 Å². The summed E-state index contributed by atoms with van der Waals surface area (Å²) in [5.41, 5.74) is 3.63. The normalized spacial score (nSPS) is 10.5. The minimum Gasteiger partial charge on any atom is -0.507 e. The standard InChI is InChI=1S/C29H27ClN2O4/c1-2-35-28-15-21(11-14-27(28)36-19-20-7-4-3-5-8-20)18-31-23-9-6-10-24(17-23)32-29(34)25-16-22(30)12-13-26(25)33/h3-17,31,33H,2,18-19H2,1H3,(H,32,34). The van der Waals surface area contributed by atoms with Crippen LogP contribution in [0, 0.1) is 0 Å². The second kappa shape index (κ2) is 12.0. The molecule has 0 spiro atoms. The third-order valence-corrected chi connectivity index (χ3v) is 5.60. The van der Waals surface area contributed by atoms with Crippen molar-refractivity contribution in [3.8, 4) is 17.2 Å². The maximum Gasteiger partial charge on any atom is 0.259 e. The Hall–Kier alpha value is -4.16. The van der Waals surface area contributed by atoms with Crippen LogP contribution in [0.3, 0.4) is 0 Å². The molecule has 0 radical (unpaired) electrons. The largest absolute Gasteiger partial charge is 0.507 e. The van der Waals surface area contributed by atoms with Gasteiger partial charge >= 0.3 is 0 Å². The second-order valence-electron chi connectivity index (χ2n) is 8.04. The fraction of sp³-hybridized carbons (Fsp3) is 0.138. The van der Waals surface area contributed by atoms with Gasteiger partial charge in [-0.05, 0) is 66.6 Å². The van der Waals surface area contributed by atoms with Crippen molar-refractivity contribution in [1.82, 2.24) is 0 Å². The van der Waals surface area contributed by atoms with Gasteiger partial charge in [0.1, 0.15) is 12.4 Å². The Morgan fingerprint density at radius 3 is 2.44 bits per heavy atom. The molecular weight excluding hydrogens is 476 g/mol. The molecule has 6 nitrogen and oxygen atoms in total. The number of hydrogen-bond acceptors (Lipinski definition) is 5.